The molecule has 0 unspecified atom stereocenters. The number of allylic oxidation sites excluding steroid dienone is 4. The summed E-state index contributed by atoms with van der Waals surface area (Å²) in [6, 6.07) is 1.51. The first kappa shape index (κ1) is 22.0. The summed E-state index contributed by atoms with van der Waals surface area (Å²) < 4.78 is 6.34. The average Bonchev–Trinajstić information content (AvgIpc) is 2.48. The minimum absolute atomic E-state index is 0.168. The molecule has 0 saturated heterocycles. The number of carbonyl (C=O) groups is 2. The molecule has 5 nitrogen and oxygen atoms in total. The van der Waals surface area contributed by atoms with E-state index in [0.717, 1.165) is 6.08 Å². The van der Waals surface area contributed by atoms with Crippen molar-refractivity contribution < 1.29 is 23.9 Å². The van der Waals surface area contributed by atoms with Crippen LogP contribution in [0.25, 0.3) is 0 Å². The fraction of sp³-hybridized carbons (Fsp3) is 0.294. The van der Waals surface area contributed by atoms with Crippen LogP contribution >= 0.6 is 0 Å². The molecule has 0 saturated carbocycles. The van der Waals surface area contributed by atoms with E-state index in [1.54, 1.807) is 12.2 Å². The first-order valence-electron chi connectivity index (χ1n) is 7.53. The molecule has 0 aromatic rings. The van der Waals surface area contributed by atoms with Crippen molar-refractivity contribution in [3.05, 3.63) is 63.3 Å². The molecule has 24 heavy (non-hydrogen) atoms. The Balaban J connectivity index is 6.40. The predicted octanol–water partition coefficient (Wildman–Crippen LogP) is 3.51. The fourth-order valence-electron chi connectivity index (χ4n) is 2.79. The van der Waals surface area contributed by atoms with Crippen LogP contribution in [0.1, 0.15) is 0 Å². The van der Waals surface area contributed by atoms with Crippen molar-refractivity contribution in [3.63, 3.8) is 0 Å². The highest BCUT2D eigenvalue weighted by Crippen LogP contribution is 2.47. The van der Waals surface area contributed by atoms with Gasteiger partial charge in [0.15, 0.2) is 14.1 Å². The lowest BCUT2D eigenvalue weighted by Crippen LogP contribution is -2.59. The molecule has 0 aliphatic heterocycles. The van der Waals surface area contributed by atoms with Crippen LogP contribution < -0.4 is 0 Å². The number of carboxylic acids is 2. The first-order valence-corrected chi connectivity index (χ1v) is 12.0. The normalized spacial score (nSPS) is 11.5. The summed E-state index contributed by atoms with van der Waals surface area (Å²) in [6.07, 6.45) is 7.45. The van der Waals surface area contributed by atoms with Gasteiger partial charge in [-0.05, 0) is 24.2 Å². The largest absolute Gasteiger partial charge is 0.480 e. The van der Waals surface area contributed by atoms with Gasteiger partial charge in [0, 0.05) is 0 Å². The molecule has 7 heteroatoms. The summed E-state index contributed by atoms with van der Waals surface area (Å²) in [5, 5.41) is 17.4. The standard InChI is InChI=1S/C17H26O5Si2/c1-6-11-23(12-7-2)22-24(13-8-3,14-9-4)17(10-5,15(18)19)16(20)21/h6-10,23H,1-5,11-14H2,(H,18,19)(H,20,21). The van der Waals surface area contributed by atoms with Crippen LogP contribution in [0.15, 0.2) is 63.3 Å². The van der Waals surface area contributed by atoms with Crippen LogP contribution in [-0.2, 0) is 13.7 Å². The van der Waals surface area contributed by atoms with Crippen LogP contribution in [0, 0.1) is 0 Å². The maximum absolute atomic E-state index is 12.0. The molecule has 0 radical (unpaired) electrons. The zero-order valence-corrected chi connectivity index (χ0v) is 16.1. The van der Waals surface area contributed by atoms with Crippen molar-refractivity contribution in [2.45, 2.75) is 29.2 Å². The number of rotatable bonds is 14. The minimum atomic E-state index is -3.43. The van der Waals surface area contributed by atoms with Gasteiger partial charge >= 0.3 is 11.9 Å². The van der Waals surface area contributed by atoms with Crippen LogP contribution in [0.5, 0.6) is 0 Å². The Morgan fingerprint density at radius 1 is 0.917 bits per heavy atom. The van der Waals surface area contributed by atoms with E-state index in [1.807, 2.05) is 0 Å². The predicted molar refractivity (Wildman–Crippen MR) is 102 cm³/mol. The fourth-order valence-corrected chi connectivity index (χ4v) is 11.5. The molecule has 2 N–H and O–H groups in total. The van der Waals surface area contributed by atoms with Gasteiger partial charge in [-0.25, -0.2) is 0 Å². The van der Waals surface area contributed by atoms with Gasteiger partial charge < -0.3 is 14.3 Å². The number of hydrogen-bond acceptors (Lipinski definition) is 3. The van der Waals surface area contributed by atoms with Crippen LogP contribution in [0.2, 0.25) is 29.2 Å². The molecular formula is C17H26O5Si2. The lowest BCUT2D eigenvalue weighted by atomic mass is 10.1. The molecule has 0 aromatic carbocycles. The maximum Gasteiger partial charge on any atom is 0.324 e. The van der Waals surface area contributed by atoms with Gasteiger partial charge in [0.25, 0.3) is 0 Å². The van der Waals surface area contributed by atoms with Gasteiger partial charge in [-0.3, -0.25) is 9.59 Å². The summed E-state index contributed by atoms with van der Waals surface area (Å²) in [7, 11) is -5.39. The number of aliphatic carboxylic acids is 2. The monoisotopic (exact) mass is 366 g/mol. The first-order chi connectivity index (χ1) is 11.3. The Morgan fingerprint density at radius 2 is 1.33 bits per heavy atom. The molecule has 0 aliphatic rings. The molecule has 0 aromatic heterocycles. The van der Waals surface area contributed by atoms with Gasteiger partial charge in [-0.2, -0.15) is 0 Å². The van der Waals surface area contributed by atoms with Crippen molar-refractivity contribution >= 4 is 29.3 Å². The Hall–Kier alpha value is -1.97. The van der Waals surface area contributed by atoms with Crippen LogP contribution in [0.4, 0.5) is 0 Å². The van der Waals surface area contributed by atoms with E-state index in [1.165, 1.54) is 12.2 Å². The summed E-state index contributed by atoms with van der Waals surface area (Å²) in [6.45, 7) is 18.2. The SMILES string of the molecule is C=CC[SiH](CC=C)O[Si](CC=C)(CC=C)C(C=C)(C(=O)O)C(=O)O. The molecule has 0 heterocycles. The van der Waals surface area contributed by atoms with Gasteiger partial charge in [0.1, 0.15) is 0 Å². The van der Waals surface area contributed by atoms with E-state index in [2.05, 4.69) is 32.9 Å². The smallest absolute Gasteiger partial charge is 0.324 e. The van der Waals surface area contributed by atoms with Gasteiger partial charge in [0.05, 0.1) is 0 Å². The number of carboxylic acid groups (broad SMARTS) is 2. The van der Waals surface area contributed by atoms with Crippen molar-refractivity contribution in [3.8, 4) is 0 Å². The summed E-state index contributed by atoms with van der Waals surface area (Å²) in [5.41, 5.74) is 0. The van der Waals surface area contributed by atoms with Gasteiger partial charge in [0.2, 0.25) is 8.32 Å². The number of hydrogen-bond donors (Lipinski definition) is 2. The van der Waals surface area contributed by atoms with Crippen molar-refractivity contribution in [1.29, 1.82) is 0 Å². The Morgan fingerprint density at radius 3 is 1.58 bits per heavy atom. The molecular weight excluding hydrogens is 340 g/mol. The molecule has 0 fully saturated rings. The summed E-state index contributed by atoms with van der Waals surface area (Å²) >= 11 is 0. The van der Waals surface area contributed by atoms with Crippen molar-refractivity contribution in [2.75, 3.05) is 0 Å². The van der Waals surface area contributed by atoms with Crippen LogP contribution in [-0.4, -0.2) is 39.5 Å². The third-order valence-corrected chi connectivity index (χ3v) is 12.7. The summed E-state index contributed by atoms with van der Waals surface area (Å²) in [4.78, 5) is 24.0. The molecule has 0 spiro atoms. The van der Waals surface area contributed by atoms with Gasteiger partial charge in [-0.1, -0.05) is 30.4 Å². The molecule has 0 atom stereocenters. The lowest BCUT2D eigenvalue weighted by molar-refractivity contribution is -0.151. The van der Waals surface area contributed by atoms with E-state index in [-0.39, 0.29) is 12.1 Å². The Kier molecular flexibility index (Phi) is 9.19. The zero-order chi connectivity index (χ0) is 18.8. The average molecular weight is 367 g/mol. The lowest BCUT2D eigenvalue weighted by Gasteiger charge is -2.42. The van der Waals surface area contributed by atoms with Crippen molar-refractivity contribution in [2.24, 2.45) is 0 Å². The highest BCUT2D eigenvalue weighted by Gasteiger charge is 2.63. The van der Waals surface area contributed by atoms with E-state index >= 15 is 0 Å². The maximum atomic E-state index is 12.0. The van der Waals surface area contributed by atoms with E-state index in [0.29, 0.717) is 12.1 Å². The molecule has 132 valence electrons. The second-order valence-corrected chi connectivity index (χ2v) is 12.1. The Labute approximate surface area is 146 Å². The van der Waals surface area contributed by atoms with Gasteiger partial charge in [-0.15, -0.1) is 32.9 Å². The molecule has 0 bridgehead atoms. The molecule has 0 aliphatic carbocycles. The third-order valence-electron chi connectivity index (χ3n) is 3.90. The minimum Gasteiger partial charge on any atom is -0.480 e. The zero-order valence-electron chi connectivity index (χ0n) is 13.9. The topological polar surface area (TPSA) is 83.8 Å². The Bertz CT molecular complexity index is 493. The molecule has 0 rings (SSSR count). The molecule has 0 amide bonds. The highest BCUT2D eigenvalue weighted by molar-refractivity contribution is 6.89. The quantitative estimate of drug-likeness (QED) is 0.279. The second-order valence-electron chi connectivity index (χ2n) is 5.39. The second kappa shape index (κ2) is 10.0. The highest BCUT2D eigenvalue weighted by atomic mass is 28.4. The van der Waals surface area contributed by atoms with E-state index < -0.39 is 34.3 Å². The summed E-state index contributed by atoms with van der Waals surface area (Å²) in [5.74, 6) is -2.93. The van der Waals surface area contributed by atoms with E-state index in [9.17, 15) is 19.8 Å². The van der Waals surface area contributed by atoms with Crippen LogP contribution in [0.3, 0.4) is 0 Å². The third kappa shape index (κ3) is 4.31. The van der Waals surface area contributed by atoms with E-state index in [4.69, 9.17) is 4.12 Å². The van der Waals surface area contributed by atoms with Crippen molar-refractivity contribution in [1.82, 2.24) is 0 Å².